The van der Waals surface area contributed by atoms with Crippen LogP contribution in [0.4, 0.5) is 5.69 Å². The summed E-state index contributed by atoms with van der Waals surface area (Å²) in [6, 6.07) is 18.7. The summed E-state index contributed by atoms with van der Waals surface area (Å²) < 4.78 is 6.03. The van der Waals surface area contributed by atoms with Gasteiger partial charge in [-0.25, -0.2) is 0 Å². The first-order valence-electron chi connectivity index (χ1n) is 8.66. The number of benzene rings is 2. The fraction of sp³-hybridized carbons (Fsp3) is 0.400. The Labute approximate surface area is 149 Å². The van der Waals surface area contributed by atoms with Gasteiger partial charge in [-0.1, -0.05) is 41.9 Å². The molecule has 24 heavy (non-hydrogen) atoms. The van der Waals surface area contributed by atoms with Crippen molar-refractivity contribution in [3.8, 4) is 0 Å². The molecule has 0 aromatic heterocycles. The Bertz CT molecular complexity index is 609. The van der Waals surface area contributed by atoms with E-state index in [0.717, 1.165) is 44.2 Å². The first kappa shape index (κ1) is 17.3. The lowest BCUT2D eigenvalue weighted by Gasteiger charge is -2.40. The summed E-state index contributed by atoms with van der Waals surface area (Å²) >= 11 is 5.98. The van der Waals surface area contributed by atoms with Gasteiger partial charge < -0.3 is 9.64 Å². The van der Waals surface area contributed by atoms with Gasteiger partial charge in [0.05, 0.1) is 0 Å². The van der Waals surface area contributed by atoms with Crippen molar-refractivity contribution in [3.63, 3.8) is 0 Å². The second-order valence-electron chi connectivity index (χ2n) is 6.10. The van der Waals surface area contributed by atoms with Gasteiger partial charge in [0.15, 0.2) is 0 Å². The maximum absolute atomic E-state index is 6.03. The highest BCUT2D eigenvalue weighted by Crippen LogP contribution is 2.21. The monoisotopic (exact) mass is 344 g/mol. The van der Waals surface area contributed by atoms with Crippen molar-refractivity contribution in [2.45, 2.75) is 19.6 Å². The van der Waals surface area contributed by atoms with E-state index in [2.05, 4.69) is 59.2 Å². The molecule has 1 heterocycles. The molecule has 0 spiro atoms. The van der Waals surface area contributed by atoms with Gasteiger partial charge in [-0.2, -0.15) is 0 Å². The summed E-state index contributed by atoms with van der Waals surface area (Å²) in [7, 11) is 0. The fourth-order valence-electron chi connectivity index (χ4n) is 3.22. The van der Waals surface area contributed by atoms with Gasteiger partial charge >= 0.3 is 0 Å². The third-order valence-corrected chi connectivity index (χ3v) is 4.78. The highest BCUT2D eigenvalue weighted by atomic mass is 35.5. The largest absolute Gasteiger partial charge is 0.369 e. The lowest BCUT2D eigenvalue weighted by atomic mass is 10.1. The zero-order chi connectivity index (χ0) is 16.8. The van der Waals surface area contributed by atoms with Crippen LogP contribution in [0.1, 0.15) is 12.5 Å². The van der Waals surface area contributed by atoms with Crippen molar-refractivity contribution >= 4 is 17.3 Å². The first-order chi connectivity index (χ1) is 11.8. The van der Waals surface area contributed by atoms with Crippen LogP contribution in [0.5, 0.6) is 0 Å². The Hall–Kier alpha value is -1.55. The van der Waals surface area contributed by atoms with Gasteiger partial charge in [-0.15, -0.1) is 0 Å². The van der Waals surface area contributed by atoms with Crippen LogP contribution in [0.15, 0.2) is 54.6 Å². The second kappa shape index (κ2) is 8.52. The number of halogens is 1. The molecular weight excluding hydrogens is 320 g/mol. The number of nitrogens with zero attached hydrogens (tertiary/aromatic N) is 2. The van der Waals surface area contributed by atoms with Crippen molar-refractivity contribution in [3.05, 3.63) is 65.2 Å². The van der Waals surface area contributed by atoms with Gasteiger partial charge in [0, 0.05) is 49.9 Å². The molecule has 1 saturated heterocycles. The molecule has 3 rings (SSSR count). The van der Waals surface area contributed by atoms with Crippen LogP contribution in [-0.4, -0.2) is 43.9 Å². The predicted octanol–water partition coefficient (Wildman–Crippen LogP) is 4.07. The van der Waals surface area contributed by atoms with Crippen molar-refractivity contribution in [1.29, 1.82) is 0 Å². The van der Waals surface area contributed by atoms with E-state index in [9.17, 15) is 0 Å². The zero-order valence-electron chi connectivity index (χ0n) is 14.2. The van der Waals surface area contributed by atoms with Crippen molar-refractivity contribution in [2.75, 3.05) is 37.7 Å². The molecule has 0 amide bonds. The zero-order valence-corrected chi connectivity index (χ0v) is 15.0. The van der Waals surface area contributed by atoms with Gasteiger partial charge in [0.25, 0.3) is 0 Å². The molecule has 0 saturated carbocycles. The molecule has 2 aromatic carbocycles. The number of ether oxygens (including phenoxy) is 1. The number of rotatable bonds is 6. The number of anilines is 1. The molecule has 0 N–H and O–H groups in total. The Kier molecular flexibility index (Phi) is 6.13. The van der Waals surface area contributed by atoms with E-state index in [1.54, 1.807) is 0 Å². The minimum Gasteiger partial charge on any atom is -0.369 e. The third kappa shape index (κ3) is 4.50. The summed E-state index contributed by atoms with van der Waals surface area (Å²) in [4.78, 5) is 4.88. The Morgan fingerprint density at radius 2 is 1.62 bits per heavy atom. The molecule has 4 heteroatoms. The van der Waals surface area contributed by atoms with Crippen LogP contribution in [0.25, 0.3) is 0 Å². The topological polar surface area (TPSA) is 15.7 Å². The van der Waals surface area contributed by atoms with E-state index in [0.29, 0.717) is 0 Å². The fourth-order valence-corrected chi connectivity index (χ4v) is 3.35. The van der Waals surface area contributed by atoms with E-state index in [1.165, 1.54) is 11.3 Å². The lowest BCUT2D eigenvalue weighted by Crippen LogP contribution is -2.51. The molecule has 2 aromatic rings. The van der Waals surface area contributed by atoms with Crippen LogP contribution < -0.4 is 4.90 Å². The molecule has 0 radical (unpaired) electrons. The molecule has 128 valence electrons. The summed E-state index contributed by atoms with van der Waals surface area (Å²) in [5.41, 5.74) is 2.58. The summed E-state index contributed by atoms with van der Waals surface area (Å²) in [5.74, 6) is 0. The summed E-state index contributed by atoms with van der Waals surface area (Å²) in [6.45, 7) is 6.87. The van der Waals surface area contributed by atoms with Gasteiger partial charge in [0.1, 0.15) is 6.23 Å². The molecule has 1 aliphatic heterocycles. The quantitative estimate of drug-likeness (QED) is 0.785. The summed E-state index contributed by atoms with van der Waals surface area (Å²) in [6.07, 6.45) is 1.10. The Morgan fingerprint density at radius 3 is 2.25 bits per heavy atom. The van der Waals surface area contributed by atoms with Crippen LogP contribution in [-0.2, 0) is 11.2 Å². The number of hydrogen-bond donors (Lipinski definition) is 0. The molecule has 1 fully saturated rings. The van der Waals surface area contributed by atoms with E-state index in [4.69, 9.17) is 16.3 Å². The second-order valence-corrected chi connectivity index (χ2v) is 6.54. The van der Waals surface area contributed by atoms with Crippen LogP contribution in [0, 0.1) is 0 Å². The molecule has 3 nitrogen and oxygen atoms in total. The highest BCUT2D eigenvalue weighted by molar-refractivity contribution is 6.30. The van der Waals surface area contributed by atoms with Crippen molar-refractivity contribution < 1.29 is 4.74 Å². The molecular formula is C20H25ClN2O. The minimum atomic E-state index is 0.157. The van der Waals surface area contributed by atoms with Gasteiger partial charge in [-0.3, -0.25) is 4.90 Å². The average molecular weight is 345 g/mol. The normalized spacial score (nSPS) is 17.0. The summed E-state index contributed by atoms with van der Waals surface area (Å²) in [5, 5.41) is 0.789. The van der Waals surface area contributed by atoms with Crippen molar-refractivity contribution in [1.82, 2.24) is 4.90 Å². The number of hydrogen-bond acceptors (Lipinski definition) is 3. The maximum Gasteiger partial charge on any atom is 0.114 e. The van der Waals surface area contributed by atoms with E-state index < -0.39 is 0 Å². The lowest BCUT2D eigenvalue weighted by molar-refractivity contribution is -0.0560. The molecule has 0 aliphatic carbocycles. The maximum atomic E-state index is 6.03. The van der Waals surface area contributed by atoms with E-state index >= 15 is 0 Å². The molecule has 0 bridgehead atoms. The predicted molar refractivity (Wildman–Crippen MR) is 101 cm³/mol. The Balaban J connectivity index is 1.59. The smallest absolute Gasteiger partial charge is 0.114 e. The van der Waals surface area contributed by atoms with Crippen LogP contribution in [0.3, 0.4) is 0 Å². The Morgan fingerprint density at radius 1 is 0.958 bits per heavy atom. The van der Waals surface area contributed by atoms with E-state index in [1.807, 2.05) is 12.1 Å². The van der Waals surface area contributed by atoms with E-state index in [-0.39, 0.29) is 6.23 Å². The number of piperazine rings is 1. The average Bonchev–Trinajstić information content (AvgIpc) is 2.63. The van der Waals surface area contributed by atoms with Gasteiger partial charge in [-0.05, 0) is 36.8 Å². The standard InChI is InChI=1S/C20H25ClN2O/c1-2-24-20(16-17-6-4-3-5-7-17)23-14-12-22(13-15-23)19-10-8-18(21)9-11-19/h3-11,20H,2,12-16H2,1H3. The third-order valence-electron chi connectivity index (χ3n) is 4.53. The molecule has 1 unspecified atom stereocenters. The van der Waals surface area contributed by atoms with Crippen molar-refractivity contribution in [2.24, 2.45) is 0 Å². The van der Waals surface area contributed by atoms with Crippen LogP contribution in [0.2, 0.25) is 5.02 Å². The minimum absolute atomic E-state index is 0.157. The molecule has 1 atom stereocenters. The molecule has 1 aliphatic rings. The van der Waals surface area contributed by atoms with Gasteiger partial charge in [0.2, 0.25) is 0 Å². The highest BCUT2D eigenvalue weighted by Gasteiger charge is 2.24. The first-order valence-corrected chi connectivity index (χ1v) is 9.04. The van der Waals surface area contributed by atoms with Crippen LogP contribution >= 0.6 is 11.6 Å². The SMILES string of the molecule is CCOC(Cc1ccccc1)N1CCN(c2ccc(Cl)cc2)CC1.